The highest BCUT2D eigenvalue weighted by molar-refractivity contribution is 9.10. The minimum atomic E-state index is -3.94. The van der Waals surface area contributed by atoms with E-state index in [2.05, 4.69) is 21.2 Å². The summed E-state index contributed by atoms with van der Waals surface area (Å²) in [5.74, 6) is -0.0879. The third-order valence-corrected chi connectivity index (χ3v) is 5.35. The Morgan fingerprint density at radius 2 is 2.11 bits per heavy atom. The lowest BCUT2D eigenvalue weighted by atomic mass is 9.99. The highest BCUT2D eigenvalue weighted by atomic mass is 79.9. The first-order chi connectivity index (χ1) is 8.61. The number of halogens is 2. The second kappa shape index (κ2) is 4.79. The summed E-state index contributed by atoms with van der Waals surface area (Å²) in [6.45, 7) is 3.86. The van der Waals surface area contributed by atoms with Crippen molar-refractivity contribution in [2.24, 2.45) is 5.92 Å². The van der Waals surface area contributed by atoms with Crippen molar-refractivity contribution in [1.29, 1.82) is 0 Å². The van der Waals surface area contributed by atoms with Crippen molar-refractivity contribution in [1.82, 2.24) is 5.32 Å². The summed E-state index contributed by atoms with van der Waals surface area (Å²) in [7, 11) is 1.28. The Balaban J connectivity index is 2.21. The van der Waals surface area contributed by atoms with Gasteiger partial charge in [-0.2, -0.15) is 0 Å². The molecule has 0 atom stereocenters. The van der Waals surface area contributed by atoms with Gasteiger partial charge in [0.15, 0.2) is 10.4 Å². The summed E-state index contributed by atoms with van der Waals surface area (Å²) in [5.41, 5.74) is -0.337. The summed E-state index contributed by atoms with van der Waals surface area (Å²) in [6, 6.07) is 1.12. The van der Waals surface area contributed by atoms with Gasteiger partial charge >= 0.3 is 0 Å². The van der Waals surface area contributed by atoms with E-state index in [9.17, 15) is 13.2 Å². The molecular weight excluding hydrogens is 358 g/mol. The molecule has 0 unspecified atom stereocenters. The normalized spacial score (nSPS) is 16.4. The van der Waals surface area contributed by atoms with E-state index in [0.717, 1.165) is 18.9 Å². The Hall–Kier alpha value is -0.530. The SMILES string of the molecule is CC(C)(NC(=O)c1cc(S(=O)(=O)Cl)c(Br)o1)C1CC1. The highest BCUT2D eigenvalue weighted by Crippen LogP contribution is 2.39. The fourth-order valence-corrected chi connectivity index (χ4v) is 3.92. The molecule has 0 spiro atoms. The van der Waals surface area contributed by atoms with Crippen LogP contribution < -0.4 is 5.32 Å². The predicted molar refractivity (Wildman–Crippen MR) is 73.7 cm³/mol. The molecule has 1 heterocycles. The second-order valence-corrected chi connectivity index (χ2v) is 8.39. The number of nitrogens with one attached hydrogen (secondary N) is 1. The van der Waals surface area contributed by atoms with E-state index in [0.29, 0.717) is 5.92 Å². The molecule has 0 saturated heterocycles. The molecule has 1 N–H and O–H groups in total. The average molecular weight is 371 g/mol. The van der Waals surface area contributed by atoms with Crippen molar-refractivity contribution in [2.45, 2.75) is 37.1 Å². The lowest BCUT2D eigenvalue weighted by Gasteiger charge is -2.25. The summed E-state index contributed by atoms with van der Waals surface area (Å²) < 4.78 is 27.5. The Labute approximate surface area is 124 Å². The summed E-state index contributed by atoms with van der Waals surface area (Å²) in [5, 5.41) is 2.84. The molecule has 1 saturated carbocycles. The minimum absolute atomic E-state index is 0.0723. The molecule has 2 rings (SSSR count). The maximum atomic E-state index is 12.0. The number of furan rings is 1. The third kappa shape index (κ3) is 3.32. The van der Waals surface area contributed by atoms with Gasteiger partial charge in [-0.15, -0.1) is 0 Å². The standard InChI is InChI=1S/C11H13BrClNO4S/c1-11(2,6-3-4-6)14-10(15)7-5-8(9(12)18-7)19(13,16)17/h5-6H,3-4H2,1-2H3,(H,14,15). The second-order valence-electron chi connectivity index (χ2n) is 5.14. The van der Waals surface area contributed by atoms with E-state index in [4.69, 9.17) is 15.1 Å². The minimum Gasteiger partial charge on any atom is -0.443 e. The highest BCUT2D eigenvalue weighted by Gasteiger charge is 2.39. The van der Waals surface area contributed by atoms with Gasteiger partial charge in [-0.1, -0.05) is 0 Å². The van der Waals surface area contributed by atoms with E-state index in [1.54, 1.807) is 0 Å². The van der Waals surface area contributed by atoms with Crippen LogP contribution >= 0.6 is 26.6 Å². The first-order valence-electron chi connectivity index (χ1n) is 5.68. The van der Waals surface area contributed by atoms with E-state index in [1.165, 1.54) is 0 Å². The molecule has 1 aromatic heterocycles. The lowest BCUT2D eigenvalue weighted by Crippen LogP contribution is -2.45. The largest absolute Gasteiger partial charge is 0.443 e. The quantitative estimate of drug-likeness (QED) is 0.827. The van der Waals surface area contributed by atoms with Crippen molar-refractivity contribution in [3.63, 3.8) is 0 Å². The molecule has 8 heteroatoms. The van der Waals surface area contributed by atoms with Crippen LogP contribution in [0.3, 0.4) is 0 Å². The number of carbonyl (C=O) groups is 1. The van der Waals surface area contributed by atoms with Crippen LogP contribution in [0.5, 0.6) is 0 Å². The van der Waals surface area contributed by atoms with Gasteiger partial charge in [0.1, 0.15) is 4.90 Å². The van der Waals surface area contributed by atoms with Gasteiger partial charge in [-0.25, -0.2) is 8.42 Å². The van der Waals surface area contributed by atoms with Crippen LogP contribution in [0.25, 0.3) is 0 Å². The Kier molecular flexibility index (Phi) is 3.75. The maximum absolute atomic E-state index is 12.0. The monoisotopic (exact) mass is 369 g/mol. The number of carbonyl (C=O) groups excluding carboxylic acids is 1. The van der Waals surface area contributed by atoms with Gasteiger partial charge in [0.05, 0.1) is 0 Å². The number of hydrogen-bond donors (Lipinski definition) is 1. The topological polar surface area (TPSA) is 76.4 Å². The zero-order valence-electron chi connectivity index (χ0n) is 10.4. The maximum Gasteiger partial charge on any atom is 0.287 e. The molecule has 5 nitrogen and oxygen atoms in total. The molecule has 0 aromatic carbocycles. The van der Waals surface area contributed by atoms with Gasteiger partial charge in [-0.3, -0.25) is 4.79 Å². The van der Waals surface area contributed by atoms with Gasteiger partial charge < -0.3 is 9.73 Å². The number of amides is 1. The van der Waals surface area contributed by atoms with Crippen LogP contribution in [0.4, 0.5) is 0 Å². The Morgan fingerprint density at radius 1 is 1.53 bits per heavy atom. The summed E-state index contributed by atoms with van der Waals surface area (Å²) in [4.78, 5) is 11.8. The van der Waals surface area contributed by atoms with Crippen molar-refractivity contribution >= 4 is 41.6 Å². The molecule has 1 amide bonds. The molecule has 106 valence electrons. The molecular formula is C11H13BrClNO4S. The smallest absolute Gasteiger partial charge is 0.287 e. The molecule has 0 aliphatic heterocycles. The third-order valence-electron chi connectivity index (χ3n) is 3.18. The first-order valence-corrected chi connectivity index (χ1v) is 8.78. The molecule has 1 aromatic rings. The fourth-order valence-electron chi connectivity index (χ4n) is 1.89. The van der Waals surface area contributed by atoms with Crippen molar-refractivity contribution < 1.29 is 17.6 Å². The Bertz CT molecular complexity index is 619. The van der Waals surface area contributed by atoms with Gasteiger partial charge in [0.25, 0.3) is 15.0 Å². The van der Waals surface area contributed by atoms with Crippen LogP contribution in [0.1, 0.15) is 37.2 Å². The zero-order chi connectivity index (χ0) is 14.4. The van der Waals surface area contributed by atoms with Crippen LogP contribution in [0.15, 0.2) is 20.0 Å². The van der Waals surface area contributed by atoms with Crippen LogP contribution in [0, 0.1) is 5.92 Å². The molecule has 19 heavy (non-hydrogen) atoms. The Morgan fingerprint density at radius 3 is 2.53 bits per heavy atom. The number of rotatable bonds is 4. The predicted octanol–water partition coefficient (Wildman–Crippen LogP) is 2.89. The van der Waals surface area contributed by atoms with E-state index in [-0.39, 0.29) is 20.9 Å². The first kappa shape index (κ1) is 14.9. The van der Waals surface area contributed by atoms with Crippen LogP contribution in [-0.2, 0) is 9.05 Å². The average Bonchev–Trinajstić information content (AvgIpc) is 3.00. The zero-order valence-corrected chi connectivity index (χ0v) is 13.5. The van der Waals surface area contributed by atoms with Crippen LogP contribution in [-0.4, -0.2) is 19.9 Å². The van der Waals surface area contributed by atoms with Crippen molar-refractivity contribution in [2.75, 3.05) is 0 Å². The van der Waals surface area contributed by atoms with E-state index in [1.807, 2.05) is 13.8 Å². The molecule has 1 fully saturated rings. The summed E-state index contributed by atoms with van der Waals surface area (Å²) in [6.07, 6.45) is 2.16. The van der Waals surface area contributed by atoms with E-state index >= 15 is 0 Å². The lowest BCUT2D eigenvalue weighted by molar-refractivity contribution is 0.0873. The van der Waals surface area contributed by atoms with Crippen molar-refractivity contribution in [3.8, 4) is 0 Å². The molecule has 1 aliphatic rings. The van der Waals surface area contributed by atoms with Gasteiger partial charge in [-0.05, 0) is 48.5 Å². The summed E-state index contributed by atoms with van der Waals surface area (Å²) >= 11 is 2.93. The molecule has 1 aliphatic carbocycles. The van der Waals surface area contributed by atoms with Crippen LogP contribution in [0.2, 0.25) is 0 Å². The number of hydrogen-bond acceptors (Lipinski definition) is 4. The van der Waals surface area contributed by atoms with Crippen molar-refractivity contribution in [3.05, 3.63) is 16.5 Å². The van der Waals surface area contributed by atoms with Gasteiger partial charge in [0.2, 0.25) is 0 Å². The molecule has 0 bridgehead atoms. The van der Waals surface area contributed by atoms with E-state index < -0.39 is 15.0 Å². The fraction of sp³-hybridized carbons (Fsp3) is 0.545. The molecule has 0 radical (unpaired) electrons. The van der Waals surface area contributed by atoms with Gasteiger partial charge in [0, 0.05) is 22.3 Å².